The average molecular weight is 307 g/mol. The van der Waals surface area contributed by atoms with Gasteiger partial charge in [0.25, 0.3) is 0 Å². The Kier molecular flexibility index (Phi) is 4.25. The summed E-state index contributed by atoms with van der Waals surface area (Å²) >= 11 is 3.45. The van der Waals surface area contributed by atoms with E-state index in [1.54, 1.807) is 0 Å². The SMILES string of the molecule is CCCc1nc(N)nc(Cc2cccc(Br)c2)n1. The monoisotopic (exact) mass is 306 g/mol. The van der Waals surface area contributed by atoms with Crippen molar-refractivity contribution in [1.29, 1.82) is 0 Å². The molecule has 0 unspecified atom stereocenters. The first-order valence-electron chi connectivity index (χ1n) is 5.91. The Bertz CT molecular complexity index is 542. The van der Waals surface area contributed by atoms with Gasteiger partial charge in [-0.15, -0.1) is 0 Å². The van der Waals surface area contributed by atoms with Gasteiger partial charge in [-0.1, -0.05) is 35.0 Å². The normalized spacial score (nSPS) is 10.6. The summed E-state index contributed by atoms with van der Waals surface area (Å²) in [4.78, 5) is 12.7. The fourth-order valence-corrected chi connectivity index (χ4v) is 2.18. The maximum absolute atomic E-state index is 5.70. The fraction of sp³-hybridized carbons (Fsp3) is 0.308. The minimum absolute atomic E-state index is 0.304. The van der Waals surface area contributed by atoms with Crippen LogP contribution in [0.2, 0.25) is 0 Å². The maximum atomic E-state index is 5.70. The number of halogens is 1. The van der Waals surface area contributed by atoms with Gasteiger partial charge in [0, 0.05) is 17.3 Å². The van der Waals surface area contributed by atoms with Crippen molar-refractivity contribution >= 4 is 21.9 Å². The van der Waals surface area contributed by atoms with E-state index in [1.807, 2.05) is 18.2 Å². The van der Waals surface area contributed by atoms with Crippen molar-refractivity contribution in [3.05, 3.63) is 46.0 Å². The third kappa shape index (κ3) is 3.50. The Morgan fingerprint density at radius 2 is 1.94 bits per heavy atom. The molecule has 0 saturated heterocycles. The van der Waals surface area contributed by atoms with Gasteiger partial charge in [0.1, 0.15) is 11.6 Å². The first-order valence-corrected chi connectivity index (χ1v) is 6.70. The lowest BCUT2D eigenvalue weighted by Gasteiger charge is -2.04. The van der Waals surface area contributed by atoms with Crippen LogP contribution < -0.4 is 5.73 Å². The van der Waals surface area contributed by atoms with Gasteiger partial charge < -0.3 is 5.73 Å². The van der Waals surface area contributed by atoms with Gasteiger partial charge in [-0.3, -0.25) is 0 Å². The van der Waals surface area contributed by atoms with E-state index in [1.165, 1.54) is 0 Å². The van der Waals surface area contributed by atoms with Crippen molar-refractivity contribution in [3.63, 3.8) is 0 Å². The molecule has 94 valence electrons. The van der Waals surface area contributed by atoms with Crippen molar-refractivity contribution in [1.82, 2.24) is 15.0 Å². The summed E-state index contributed by atoms with van der Waals surface area (Å²) in [6, 6.07) is 8.09. The molecule has 18 heavy (non-hydrogen) atoms. The van der Waals surface area contributed by atoms with Crippen LogP contribution in [-0.4, -0.2) is 15.0 Å². The smallest absolute Gasteiger partial charge is 0.223 e. The number of anilines is 1. The molecule has 2 aromatic rings. The molecule has 2 N–H and O–H groups in total. The molecular formula is C13H15BrN4. The quantitative estimate of drug-likeness (QED) is 0.943. The van der Waals surface area contributed by atoms with E-state index >= 15 is 0 Å². The van der Waals surface area contributed by atoms with Gasteiger partial charge in [0.2, 0.25) is 5.95 Å². The standard InChI is InChI=1S/C13H15BrN4/c1-2-4-11-16-12(18-13(15)17-11)8-9-5-3-6-10(14)7-9/h3,5-7H,2,4,8H2,1H3,(H2,15,16,17,18). The molecule has 0 amide bonds. The molecule has 0 fully saturated rings. The van der Waals surface area contributed by atoms with E-state index in [0.717, 1.165) is 34.5 Å². The predicted molar refractivity (Wildman–Crippen MR) is 75.2 cm³/mol. The number of nitrogens with two attached hydrogens (primary N) is 1. The number of nitrogens with zero attached hydrogens (tertiary/aromatic N) is 3. The highest BCUT2D eigenvalue weighted by molar-refractivity contribution is 9.10. The molecule has 2 rings (SSSR count). The largest absolute Gasteiger partial charge is 0.368 e. The predicted octanol–water partition coefficient (Wildman–Crippen LogP) is 2.76. The van der Waals surface area contributed by atoms with Crippen LogP contribution in [0, 0.1) is 0 Å². The zero-order chi connectivity index (χ0) is 13.0. The van der Waals surface area contributed by atoms with Crippen molar-refractivity contribution < 1.29 is 0 Å². The molecule has 1 heterocycles. The molecule has 0 radical (unpaired) electrons. The zero-order valence-corrected chi connectivity index (χ0v) is 11.8. The van der Waals surface area contributed by atoms with Crippen molar-refractivity contribution in [2.75, 3.05) is 5.73 Å². The average Bonchev–Trinajstić information content (AvgIpc) is 2.28. The fourth-order valence-electron chi connectivity index (χ4n) is 1.73. The Morgan fingerprint density at radius 3 is 2.67 bits per heavy atom. The lowest BCUT2D eigenvalue weighted by molar-refractivity contribution is 0.792. The highest BCUT2D eigenvalue weighted by atomic mass is 79.9. The van der Waals surface area contributed by atoms with Crippen LogP contribution in [0.5, 0.6) is 0 Å². The number of aryl methyl sites for hydroxylation is 1. The molecule has 1 aromatic heterocycles. The number of hydrogen-bond donors (Lipinski definition) is 1. The van der Waals surface area contributed by atoms with Crippen LogP contribution in [0.1, 0.15) is 30.6 Å². The minimum atomic E-state index is 0.304. The van der Waals surface area contributed by atoms with Crippen LogP contribution in [0.25, 0.3) is 0 Å². The zero-order valence-electron chi connectivity index (χ0n) is 10.2. The number of rotatable bonds is 4. The summed E-state index contributed by atoms with van der Waals surface area (Å²) < 4.78 is 1.05. The third-order valence-corrected chi connectivity index (χ3v) is 2.96. The molecule has 0 bridgehead atoms. The van der Waals surface area contributed by atoms with E-state index < -0.39 is 0 Å². The Labute approximate surface area is 115 Å². The summed E-state index contributed by atoms with van der Waals surface area (Å²) in [6.45, 7) is 2.09. The van der Waals surface area contributed by atoms with E-state index in [4.69, 9.17) is 5.73 Å². The van der Waals surface area contributed by atoms with E-state index in [-0.39, 0.29) is 0 Å². The number of aromatic nitrogens is 3. The molecule has 0 aliphatic carbocycles. The van der Waals surface area contributed by atoms with Gasteiger partial charge in [-0.2, -0.15) is 9.97 Å². The summed E-state index contributed by atoms with van der Waals surface area (Å²) in [5, 5.41) is 0. The molecule has 0 aliphatic rings. The first kappa shape index (κ1) is 13.0. The van der Waals surface area contributed by atoms with Gasteiger partial charge >= 0.3 is 0 Å². The number of nitrogen functional groups attached to an aromatic ring is 1. The molecule has 1 aromatic carbocycles. The summed E-state index contributed by atoms with van der Waals surface area (Å²) in [7, 11) is 0. The van der Waals surface area contributed by atoms with Crippen LogP contribution in [0.3, 0.4) is 0 Å². The van der Waals surface area contributed by atoms with Crippen molar-refractivity contribution in [2.24, 2.45) is 0 Å². The third-order valence-electron chi connectivity index (χ3n) is 2.47. The minimum Gasteiger partial charge on any atom is -0.368 e. The second kappa shape index (κ2) is 5.91. The first-order chi connectivity index (χ1) is 8.67. The van der Waals surface area contributed by atoms with Gasteiger partial charge in [-0.25, -0.2) is 4.98 Å². The highest BCUT2D eigenvalue weighted by Crippen LogP contribution is 2.14. The molecule has 0 saturated carbocycles. The van der Waals surface area contributed by atoms with Crippen LogP contribution in [0.4, 0.5) is 5.95 Å². The summed E-state index contributed by atoms with van der Waals surface area (Å²) in [5.41, 5.74) is 6.85. The van der Waals surface area contributed by atoms with Gasteiger partial charge in [-0.05, 0) is 24.1 Å². The second-order valence-electron chi connectivity index (χ2n) is 4.08. The van der Waals surface area contributed by atoms with Crippen LogP contribution in [0.15, 0.2) is 28.7 Å². The molecule has 0 atom stereocenters. The maximum Gasteiger partial charge on any atom is 0.223 e. The lowest BCUT2D eigenvalue weighted by atomic mass is 10.1. The summed E-state index contributed by atoms with van der Waals surface area (Å²) in [6.07, 6.45) is 2.50. The molecule has 4 nitrogen and oxygen atoms in total. The van der Waals surface area contributed by atoms with Gasteiger partial charge in [0.15, 0.2) is 0 Å². The Hall–Kier alpha value is -1.49. The Balaban J connectivity index is 2.23. The Morgan fingerprint density at radius 1 is 1.17 bits per heavy atom. The lowest BCUT2D eigenvalue weighted by Crippen LogP contribution is -2.07. The van der Waals surface area contributed by atoms with E-state index in [0.29, 0.717) is 12.4 Å². The number of hydrogen-bond acceptors (Lipinski definition) is 4. The van der Waals surface area contributed by atoms with Crippen LogP contribution >= 0.6 is 15.9 Å². The second-order valence-corrected chi connectivity index (χ2v) is 5.00. The topological polar surface area (TPSA) is 64.7 Å². The van der Waals surface area contributed by atoms with Crippen LogP contribution in [-0.2, 0) is 12.8 Å². The molecule has 0 spiro atoms. The molecule has 5 heteroatoms. The number of benzene rings is 1. The van der Waals surface area contributed by atoms with E-state index in [2.05, 4.69) is 43.9 Å². The van der Waals surface area contributed by atoms with Crippen molar-refractivity contribution in [2.45, 2.75) is 26.2 Å². The van der Waals surface area contributed by atoms with Gasteiger partial charge in [0.05, 0.1) is 0 Å². The highest BCUT2D eigenvalue weighted by Gasteiger charge is 2.05. The molecule has 0 aliphatic heterocycles. The molecular weight excluding hydrogens is 292 g/mol. The summed E-state index contributed by atoms with van der Waals surface area (Å²) in [5.74, 6) is 1.80. The van der Waals surface area contributed by atoms with E-state index in [9.17, 15) is 0 Å². The van der Waals surface area contributed by atoms with Crippen molar-refractivity contribution in [3.8, 4) is 0 Å².